The minimum Gasteiger partial charge on any atom is -0.469 e. The van der Waals surface area contributed by atoms with E-state index in [1.165, 1.54) is 7.11 Å². The van der Waals surface area contributed by atoms with Gasteiger partial charge in [0.1, 0.15) is 5.60 Å². The second-order valence-electron chi connectivity index (χ2n) is 8.05. The Kier molecular flexibility index (Phi) is 11.1. The van der Waals surface area contributed by atoms with Crippen LogP contribution in [0.4, 0.5) is 10.5 Å². The van der Waals surface area contributed by atoms with Crippen molar-refractivity contribution in [1.82, 2.24) is 10.9 Å². The number of rotatable bonds is 10. The van der Waals surface area contributed by atoms with E-state index < -0.39 is 17.6 Å². The lowest BCUT2D eigenvalue weighted by Crippen LogP contribution is -2.44. The number of hydrogen-bond donors (Lipinski definition) is 3. The Balaban J connectivity index is 2.27. The maximum Gasteiger partial charge on any atom is 0.426 e. The summed E-state index contributed by atoms with van der Waals surface area (Å²) in [7, 11) is 1.38. The molecule has 31 heavy (non-hydrogen) atoms. The summed E-state index contributed by atoms with van der Waals surface area (Å²) in [5.41, 5.74) is 4.68. The third-order valence-corrected chi connectivity index (χ3v) is 4.12. The Labute approximate surface area is 183 Å². The van der Waals surface area contributed by atoms with Gasteiger partial charge in [-0.3, -0.25) is 19.8 Å². The summed E-state index contributed by atoms with van der Waals surface area (Å²) in [6.45, 7) is 5.15. The highest BCUT2D eigenvalue weighted by atomic mass is 16.6. The molecule has 0 unspecified atom stereocenters. The van der Waals surface area contributed by atoms with Gasteiger partial charge in [-0.1, -0.05) is 19.3 Å². The van der Waals surface area contributed by atoms with Crippen LogP contribution in [-0.2, 0) is 19.1 Å². The molecular formula is C22H33N3O6. The first-order valence-corrected chi connectivity index (χ1v) is 10.4. The molecule has 172 valence electrons. The number of methoxy groups -OCH3 is 1. The number of unbranched alkanes of at least 4 members (excludes halogenated alkanes) is 4. The average Bonchev–Trinajstić information content (AvgIpc) is 2.70. The van der Waals surface area contributed by atoms with Gasteiger partial charge in [0.2, 0.25) is 5.91 Å². The fourth-order valence-electron chi connectivity index (χ4n) is 2.60. The van der Waals surface area contributed by atoms with E-state index in [1.54, 1.807) is 45.0 Å². The number of carbonyl (C=O) groups excluding carboxylic acids is 4. The second-order valence-corrected chi connectivity index (χ2v) is 8.05. The summed E-state index contributed by atoms with van der Waals surface area (Å²) < 4.78 is 9.62. The van der Waals surface area contributed by atoms with Crippen LogP contribution in [0.5, 0.6) is 0 Å². The molecule has 0 aliphatic heterocycles. The van der Waals surface area contributed by atoms with Crippen LogP contribution in [-0.4, -0.2) is 36.6 Å². The van der Waals surface area contributed by atoms with Gasteiger partial charge in [-0.2, -0.15) is 0 Å². The van der Waals surface area contributed by atoms with Crippen LogP contribution in [0.1, 0.15) is 76.1 Å². The lowest BCUT2D eigenvalue weighted by molar-refractivity contribution is -0.140. The molecule has 0 aliphatic carbocycles. The third kappa shape index (κ3) is 12.2. The monoisotopic (exact) mass is 435 g/mol. The summed E-state index contributed by atoms with van der Waals surface area (Å²) >= 11 is 0. The van der Waals surface area contributed by atoms with Crippen molar-refractivity contribution in [1.29, 1.82) is 0 Å². The van der Waals surface area contributed by atoms with Gasteiger partial charge in [-0.25, -0.2) is 10.2 Å². The molecule has 0 aromatic heterocycles. The summed E-state index contributed by atoms with van der Waals surface area (Å²) in [6, 6.07) is 6.33. The van der Waals surface area contributed by atoms with E-state index in [1.807, 2.05) is 0 Å². The van der Waals surface area contributed by atoms with Crippen molar-refractivity contribution in [3.63, 3.8) is 0 Å². The first-order chi connectivity index (χ1) is 14.6. The molecule has 1 aromatic carbocycles. The van der Waals surface area contributed by atoms with E-state index in [4.69, 9.17) is 4.74 Å². The molecule has 9 heteroatoms. The summed E-state index contributed by atoms with van der Waals surface area (Å²) in [5, 5.41) is 2.79. The number of esters is 1. The number of benzene rings is 1. The number of ether oxygens (including phenoxy) is 2. The van der Waals surface area contributed by atoms with Gasteiger partial charge in [-0.05, 0) is 57.9 Å². The lowest BCUT2D eigenvalue weighted by atomic mass is 10.1. The molecule has 0 spiro atoms. The van der Waals surface area contributed by atoms with Crippen LogP contribution < -0.4 is 16.2 Å². The van der Waals surface area contributed by atoms with E-state index in [0.717, 1.165) is 32.1 Å². The van der Waals surface area contributed by atoms with Crippen molar-refractivity contribution >= 4 is 29.6 Å². The second kappa shape index (κ2) is 13.3. The highest BCUT2D eigenvalue weighted by Crippen LogP contribution is 2.12. The number of nitrogens with one attached hydrogen (secondary N) is 3. The van der Waals surface area contributed by atoms with Crippen LogP contribution in [0.2, 0.25) is 0 Å². The van der Waals surface area contributed by atoms with Gasteiger partial charge in [0.25, 0.3) is 5.91 Å². The van der Waals surface area contributed by atoms with Gasteiger partial charge >= 0.3 is 12.1 Å². The van der Waals surface area contributed by atoms with Gasteiger partial charge in [0.05, 0.1) is 7.11 Å². The molecule has 1 aromatic rings. The van der Waals surface area contributed by atoms with Crippen LogP contribution in [0.15, 0.2) is 24.3 Å². The fourth-order valence-corrected chi connectivity index (χ4v) is 2.60. The predicted molar refractivity (Wildman–Crippen MR) is 116 cm³/mol. The molecule has 0 radical (unpaired) electrons. The molecule has 9 nitrogen and oxygen atoms in total. The number of anilines is 1. The topological polar surface area (TPSA) is 123 Å². The minimum atomic E-state index is -0.756. The normalized spacial score (nSPS) is 10.7. The van der Waals surface area contributed by atoms with Crippen molar-refractivity contribution in [2.24, 2.45) is 0 Å². The molecular weight excluding hydrogens is 402 g/mol. The molecule has 1 rings (SSSR count). The summed E-state index contributed by atoms with van der Waals surface area (Å²) in [5.74, 6) is -0.795. The van der Waals surface area contributed by atoms with Gasteiger partial charge in [0, 0.05) is 24.1 Å². The summed E-state index contributed by atoms with van der Waals surface area (Å²) in [6.07, 6.45) is 4.45. The largest absolute Gasteiger partial charge is 0.469 e. The van der Waals surface area contributed by atoms with E-state index in [-0.39, 0.29) is 11.9 Å². The number of amides is 3. The number of hydrogen-bond acceptors (Lipinski definition) is 6. The van der Waals surface area contributed by atoms with Crippen LogP contribution in [0.25, 0.3) is 0 Å². The molecule has 0 bridgehead atoms. The van der Waals surface area contributed by atoms with E-state index in [2.05, 4.69) is 20.9 Å². The number of carbonyl (C=O) groups is 4. The smallest absolute Gasteiger partial charge is 0.426 e. The Hall–Kier alpha value is -3.10. The van der Waals surface area contributed by atoms with E-state index >= 15 is 0 Å². The molecule has 0 saturated carbocycles. The van der Waals surface area contributed by atoms with Crippen LogP contribution >= 0.6 is 0 Å². The molecule has 0 aliphatic rings. The van der Waals surface area contributed by atoms with Crippen molar-refractivity contribution in [2.45, 2.75) is 71.3 Å². The zero-order chi connectivity index (χ0) is 23.3. The average molecular weight is 436 g/mol. The molecule has 0 saturated heterocycles. The maximum atomic E-state index is 12.1. The highest BCUT2D eigenvalue weighted by Gasteiger charge is 2.16. The standard InChI is InChI=1S/C22H33N3O6/c1-22(2,3)31-21(29)25-24-20(28)16-12-14-17(15-13-16)23-18(26)10-8-6-5-7-9-11-19(27)30-4/h12-15H,5-11H2,1-4H3,(H,23,26)(H,24,28)(H,25,29). The zero-order valence-corrected chi connectivity index (χ0v) is 18.7. The first kappa shape index (κ1) is 25.9. The number of hydrazine groups is 1. The Bertz CT molecular complexity index is 741. The molecule has 0 fully saturated rings. The van der Waals surface area contributed by atoms with Crippen molar-refractivity contribution < 1.29 is 28.7 Å². The molecule has 0 heterocycles. The van der Waals surface area contributed by atoms with Crippen molar-refractivity contribution in [2.75, 3.05) is 12.4 Å². The molecule has 0 atom stereocenters. The third-order valence-electron chi connectivity index (χ3n) is 4.12. The summed E-state index contributed by atoms with van der Waals surface area (Å²) in [4.78, 5) is 46.6. The Morgan fingerprint density at radius 1 is 0.839 bits per heavy atom. The molecule has 3 amide bonds. The predicted octanol–water partition coefficient (Wildman–Crippen LogP) is 3.70. The van der Waals surface area contributed by atoms with Crippen LogP contribution in [0.3, 0.4) is 0 Å². The van der Waals surface area contributed by atoms with Crippen LogP contribution in [0, 0.1) is 0 Å². The Morgan fingerprint density at radius 2 is 1.42 bits per heavy atom. The van der Waals surface area contributed by atoms with Gasteiger partial charge in [0.15, 0.2) is 0 Å². The van der Waals surface area contributed by atoms with Crippen molar-refractivity contribution in [3.05, 3.63) is 29.8 Å². The van der Waals surface area contributed by atoms with Gasteiger partial charge in [-0.15, -0.1) is 0 Å². The van der Waals surface area contributed by atoms with E-state index in [9.17, 15) is 19.2 Å². The zero-order valence-electron chi connectivity index (χ0n) is 18.7. The highest BCUT2D eigenvalue weighted by molar-refractivity contribution is 5.96. The molecule has 3 N–H and O–H groups in total. The van der Waals surface area contributed by atoms with Crippen molar-refractivity contribution in [3.8, 4) is 0 Å². The Morgan fingerprint density at radius 3 is 2.00 bits per heavy atom. The lowest BCUT2D eigenvalue weighted by Gasteiger charge is -2.19. The quantitative estimate of drug-likeness (QED) is 0.293. The minimum absolute atomic E-state index is 0.0987. The SMILES string of the molecule is COC(=O)CCCCCCCC(=O)Nc1ccc(C(=O)NNC(=O)OC(C)(C)C)cc1. The maximum absolute atomic E-state index is 12.1. The first-order valence-electron chi connectivity index (χ1n) is 10.4. The fraction of sp³-hybridized carbons (Fsp3) is 0.545. The van der Waals surface area contributed by atoms with Gasteiger partial charge < -0.3 is 14.8 Å². The van der Waals surface area contributed by atoms with E-state index in [0.29, 0.717) is 24.1 Å².